The molecule has 2 heterocycles. The predicted octanol–water partition coefficient (Wildman–Crippen LogP) is 1.33. The molecule has 0 radical (unpaired) electrons. The van der Waals surface area contributed by atoms with Crippen LogP contribution in [-0.4, -0.2) is 52.2 Å². The molecule has 2 aliphatic rings. The van der Waals surface area contributed by atoms with Crippen LogP contribution in [0.5, 0.6) is 0 Å². The number of nitrogens with one attached hydrogen (secondary N) is 1. The van der Waals surface area contributed by atoms with Crippen molar-refractivity contribution in [3.63, 3.8) is 0 Å². The maximum absolute atomic E-state index is 12.5. The number of halogens is 1. The zero-order valence-corrected chi connectivity index (χ0v) is 16.2. The third-order valence-corrected chi connectivity index (χ3v) is 5.64. The molecule has 2 atom stereocenters. The average Bonchev–Trinajstić information content (AvgIpc) is 3.22. The fourth-order valence-corrected chi connectivity index (χ4v) is 3.94. The van der Waals surface area contributed by atoms with E-state index in [2.05, 4.69) is 10.4 Å². The third-order valence-electron chi connectivity index (χ3n) is 5.64. The molecule has 1 saturated carbocycles. The van der Waals surface area contributed by atoms with Crippen molar-refractivity contribution < 1.29 is 9.59 Å². The van der Waals surface area contributed by atoms with Crippen molar-refractivity contribution >= 4 is 24.2 Å². The molecular weight excluding hydrogens is 354 g/mol. The monoisotopic (exact) mass is 383 g/mol. The second-order valence-corrected chi connectivity index (χ2v) is 7.50. The Kier molecular flexibility index (Phi) is 7.46. The van der Waals surface area contributed by atoms with E-state index in [1.54, 1.807) is 24.1 Å². The number of hydrogen-bond acceptors (Lipinski definition) is 4. The first-order valence-electron chi connectivity index (χ1n) is 9.33. The van der Waals surface area contributed by atoms with Crippen molar-refractivity contribution in [1.29, 1.82) is 0 Å². The molecule has 3 N–H and O–H groups in total. The van der Waals surface area contributed by atoms with Crippen molar-refractivity contribution in [3.05, 3.63) is 18.0 Å². The molecule has 2 fully saturated rings. The number of aryl methyl sites for hydroxylation is 1. The topological polar surface area (TPSA) is 93.2 Å². The maximum atomic E-state index is 12.5. The minimum Gasteiger partial charge on any atom is -0.352 e. The molecule has 0 unspecified atom stereocenters. The standard InChI is InChI=1S/C18H29N5O2.ClH/c1-22-12-15(11-21-22)18(25)20-10-13-5-7-23(8-6-13)17(24)9-14-3-2-4-16(14)19;/h11-14,16H,2-10,19H2,1H3,(H,20,25);1H/t14-,16+;/m0./s1. The number of nitrogens with two attached hydrogens (primary N) is 1. The summed E-state index contributed by atoms with van der Waals surface area (Å²) in [6.07, 6.45) is 9.06. The Hall–Kier alpha value is -1.60. The van der Waals surface area contributed by atoms with Crippen LogP contribution in [0.4, 0.5) is 0 Å². The largest absolute Gasteiger partial charge is 0.352 e. The van der Waals surface area contributed by atoms with Crippen LogP contribution in [-0.2, 0) is 11.8 Å². The van der Waals surface area contributed by atoms with E-state index in [1.807, 2.05) is 4.90 Å². The van der Waals surface area contributed by atoms with Crippen LogP contribution in [0.15, 0.2) is 12.4 Å². The molecule has 0 aromatic carbocycles. The number of rotatable bonds is 5. The first-order valence-corrected chi connectivity index (χ1v) is 9.33. The van der Waals surface area contributed by atoms with E-state index < -0.39 is 0 Å². The van der Waals surface area contributed by atoms with Gasteiger partial charge >= 0.3 is 0 Å². The molecule has 1 aliphatic heterocycles. The number of piperidine rings is 1. The maximum Gasteiger partial charge on any atom is 0.254 e. The number of nitrogens with zero attached hydrogens (tertiary/aromatic N) is 3. The normalized spacial score (nSPS) is 23.5. The van der Waals surface area contributed by atoms with Crippen molar-refractivity contribution in [2.75, 3.05) is 19.6 Å². The van der Waals surface area contributed by atoms with Crippen molar-refractivity contribution in [2.45, 2.75) is 44.6 Å². The predicted molar refractivity (Wildman–Crippen MR) is 102 cm³/mol. The summed E-state index contributed by atoms with van der Waals surface area (Å²) in [6, 6.07) is 0.198. The van der Waals surface area contributed by atoms with Crippen LogP contribution < -0.4 is 11.1 Å². The van der Waals surface area contributed by atoms with E-state index in [4.69, 9.17) is 5.73 Å². The highest BCUT2D eigenvalue weighted by atomic mass is 35.5. The van der Waals surface area contributed by atoms with Crippen LogP contribution in [0, 0.1) is 11.8 Å². The lowest BCUT2D eigenvalue weighted by Crippen LogP contribution is -2.42. The number of carbonyl (C=O) groups is 2. The van der Waals surface area contributed by atoms with Gasteiger partial charge in [-0.25, -0.2) is 0 Å². The zero-order chi connectivity index (χ0) is 17.8. The first kappa shape index (κ1) is 20.7. The van der Waals surface area contributed by atoms with E-state index in [9.17, 15) is 9.59 Å². The average molecular weight is 384 g/mol. The van der Waals surface area contributed by atoms with Crippen LogP contribution in [0.1, 0.15) is 48.9 Å². The third kappa shape index (κ3) is 5.20. The summed E-state index contributed by atoms with van der Waals surface area (Å²) in [5.74, 6) is 0.962. The highest BCUT2D eigenvalue weighted by molar-refractivity contribution is 5.93. The summed E-state index contributed by atoms with van der Waals surface area (Å²) in [5, 5.41) is 6.99. The SMILES string of the molecule is Cl.Cn1cc(C(=O)NCC2CCN(C(=O)C[C@@H]3CCC[C@H]3N)CC2)cn1. The summed E-state index contributed by atoms with van der Waals surface area (Å²) >= 11 is 0. The second kappa shape index (κ2) is 9.37. The minimum absolute atomic E-state index is 0. The Labute approximate surface area is 161 Å². The Bertz CT molecular complexity index is 612. The molecule has 2 amide bonds. The summed E-state index contributed by atoms with van der Waals surface area (Å²) < 4.78 is 1.62. The van der Waals surface area contributed by atoms with Gasteiger partial charge in [0.2, 0.25) is 5.91 Å². The zero-order valence-electron chi connectivity index (χ0n) is 15.4. The highest BCUT2D eigenvalue weighted by Gasteiger charge is 2.29. The summed E-state index contributed by atoms with van der Waals surface area (Å²) in [5.41, 5.74) is 6.67. The molecule has 0 spiro atoms. The van der Waals surface area contributed by atoms with E-state index in [1.165, 1.54) is 0 Å². The van der Waals surface area contributed by atoms with Gasteiger partial charge in [-0.1, -0.05) is 6.42 Å². The minimum atomic E-state index is -0.0816. The molecule has 1 aromatic heterocycles. The molecule has 1 saturated heterocycles. The second-order valence-electron chi connectivity index (χ2n) is 7.50. The Morgan fingerprint density at radius 2 is 2.00 bits per heavy atom. The summed E-state index contributed by atoms with van der Waals surface area (Å²) in [7, 11) is 1.79. The molecule has 26 heavy (non-hydrogen) atoms. The van der Waals surface area contributed by atoms with Gasteiger partial charge in [-0.15, -0.1) is 12.4 Å². The molecule has 146 valence electrons. The van der Waals surface area contributed by atoms with E-state index in [-0.39, 0.29) is 30.3 Å². The van der Waals surface area contributed by atoms with Crippen LogP contribution in [0.2, 0.25) is 0 Å². The van der Waals surface area contributed by atoms with Gasteiger partial charge in [0, 0.05) is 45.3 Å². The fraction of sp³-hybridized carbons (Fsp3) is 0.722. The number of hydrogen-bond donors (Lipinski definition) is 2. The lowest BCUT2D eigenvalue weighted by atomic mass is 9.94. The number of likely N-dealkylation sites (tertiary alicyclic amines) is 1. The molecular formula is C18H30ClN5O2. The number of carbonyl (C=O) groups excluding carboxylic acids is 2. The fourth-order valence-electron chi connectivity index (χ4n) is 3.94. The number of aromatic nitrogens is 2. The Morgan fingerprint density at radius 3 is 2.58 bits per heavy atom. The van der Waals surface area contributed by atoms with Gasteiger partial charge < -0.3 is 16.0 Å². The lowest BCUT2D eigenvalue weighted by Gasteiger charge is -2.33. The van der Waals surface area contributed by atoms with E-state index in [0.29, 0.717) is 30.4 Å². The Balaban J connectivity index is 0.00000243. The van der Waals surface area contributed by atoms with Crippen LogP contribution in [0.25, 0.3) is 0 Å². The molecule has 1 aliphatic carbocycles. The molecule has 1 aromatic rings. The van der Waals surface area contributed by atoms with Gasteiger partial charge in [0.25, 0.3) is 5.91 Å². The van der Waals surface area contributed by atoms with Crippen LogP contribution >= 0.6 is 12.4 Å². The first-order chi connectivity index (χ1) is 12.0. The van der Waals surface area contributed by atoms with Gasteiger partial charge in [-0.2, -0.15) is 5.10 Å². The molecule has 8 heteroatoms. The van der Waals surface area contributed by atoms with E-state index >= 15 is 0 Å². The van der Waals surface area contributed by atoms with Crippen LogP contribution in [0.3, 0.4) is 0 Å². The van der Waals surface area contributed by atoms with Gasteiger partial charge in [0.05, 0.1) is 11.8 Å². The quantitative estimate of drug-likeness (QED) is 0.802. The molecule has 0 bridgehead atoms. The lowest BCUT2D eigenvalue weighted by molar-refractivity contribution is -0.133. The van der Waals surface area contributed by atoms with Crippen molar-refractivity contribution in [3.8, 4) is 0 Å². The summed E-state index contributed by atoms with van der Waals surface area (Å²) in [4.78, 5) is 26.5. The smallest absolute Gasteiger partial charge is 0.254 e. The van der Waals surface area contributed by atoms with Crippen molar-refractivity contribution in [2.24, 2.45) is 24.6 Å². The highest BCUT2D eigenvalue weighted by Crippen LogP contribution is 2.28. The van der Waals surface area contributed by atoms with E-state index in [0.717, 1.165) is 45.2 Å². The molecule has 3 rings (SSSR count). The van der Waals surface area contributed by atoms with Gasteiger partial charge in [-0.3, -0.25) is 14.3 Å². The molecule has 7 nitrogen and oxygen atoms in total. The summed E-state index contributed by atoms with van der Waals surface area (Å²) in [6.45, 7) is 2.23. The number of amides is 2. The van der Waals surface area contributed by atoms with Gasteiger partial charge in [0.1, 0.15) is 0 Å². The Morgan fingerprint density at radius 1 is 1.27 bits per heavy atom. The van der Waals surface area contributed by atoms with Crippen molar-refractivity contribution in [1.82, 2.24) is 20.0 Å². The van der Waals surface area contributed by atoms with Gasteiger partial charge in [0.15, 0.2) is 0 Å². The van der Waals surface area contributed by atoms with Gasteiger partial charge in [-0.05, 0) is 37.5 Å².